The van der Waals surface area contributed by atoms with Gasteiger partial charge in [0.1, 0.15) is 5.71 Å². The lowest BCUT2D eigenvalue weighted by molar-refractivity contribution is -0.113. The van der Waals surface area contributed by atoms with E-state index in [1.807, 2.05) is 13.8 Å². The van der Waals surface area contributed by atoms with Gasteiger partial charge in [0.2, 0.25) is 0 Å². The Bertz CT molecular complexity index is 168. The van der Waals surface area contributed by atoms with Gasteiger partial charge >= 0.3 is 0 Å². The normalized spacial score (nSPS) is 13.4. The smallest absolute Gasteiger partial charge is 0.180 e. The molecule has 0 aliphatic rings. The first-order valence-corrected chi connectivity index (χ1v) is 3.83. The van der Waals surface area contributed by atoms with Gasteiger partial charge in [-0.1, -0.05) is 25.4 Å². The molecule has 0 amide bonds. The van der Waals surface area contributed by atoms with Gasteiger partial charge in [-0.05, 0) is 12.8 Å². The average molecular weight is 194 g/mol. The fourth-order valence-corrected chi connectivity index (χ4v) is 0.664. The Morgan fingerprint density at radius 1 is 1.58 bits per heavy atom. The van der Waals surface area contributed by atoms with Crippen LogP contribution in [0.2, 0.25) is 0 Å². The number of carbonyl (C=O) groups excluding carboxylic acids is 1. The average Bonchev–Trinajstić information content (AvgIpc) is 2.02. The molecule has 1 atom stereocenters. The van der Waals surface area contributed by atoms with Crippen LogP contribution in [0.25, 0.3) is 0 Å². The van der Waals surface area contributed by atoms with Crippen molar-refractivity contribution in [1.29, 1.82) is 0 Å². The molecular formula is C8H16ClNO2. The summed E-state index contributed by atoms with van der Waals surface area (Å²) in [5.41, 5.74) is 0.199. The maximum absolute atomic E-state index is 11.1. The molecule has 72 valence electrons. The van der Waals surface area contributed by atoms with E-state index in [-0.39, 0.29) is 23.9 Å². The van der Waals surface area contributed by atoms with Crippen LogP contribution in [0.1, 0.15) is 33.6 Å². The quantitative estimate of drug-likeness (QED) is 0.423. The maximum atomic E-state index is 11.1. The van der Waals surface area contributed by atoms with Crippen LogP contribution in [-0.2, 0) is 4.79 Å². The predicted molar refractivity (Wildman–Crippen MR) is 51.2 cm³/mol. The summed E-state index contributed by atoms with van der Waals surface area (Å²) >= 11 is 0. The predicted octanol–water partition coefficient (Wildman–Crippen LogP) is 2.26. The molecule has 1 N–H and O–H groups in total. The van der Waals surface area contributed by atoms with E-state index >= 15 is 0 Å². The van der Waals surface area contributed by atoms with Crippen molar-refractivity contribution < 1.29 is 10.0 Å². The number of hydrogen-bond acceptors (Lipinski definition) is 3. The van der Waals surface area contributed by atoms with Gasteiger partial charge in [0.25, 0.3) is 0 Å². The van der Waals surface area contributed by atoms with E-state index in [2.05, 4.69) is 5.16 Å². The number of nitrogens with zero attached hydrogens (tertiary/aromatic N) is 1. The number of carbonyl (C=O) groups is 1. The number of halogens is 1. The molecule has 0 radical (unpaired) electrons. The van der Waals surface area contributed by atoms with E-state index in [0.29, 0.717) is 12.3 Å². The third-order valence-corrected chi connectivity index (χ3v) is 1.78. The standard InChI is InChI=1S/C8H15NO2.ClH/c1-4-6(2)5-8(10)7(3)9-11;/h6,11H,4-5H2,1-3H3;1H/b9-7-;. The molecule has 0 saturated heterocycles. The minimum atomic E-state index is -0.0677. The lowest BCUT2D eigenvalue weighted by Crippen LogP contribution is -2.13. The van der Waals surface area contributed by atoms with E-state index in [9.17, 15) is 4.79 Å². The highest BCUT2D eigenvalue weighted by Gasteiger charge is 2.10. The number of ketones is 1. The highest BCUT2D eigenvalue weighted by molar-refractivity contribution is 6.38. The fourth-order valence-electron chi connectivity index (χ4n) is 0.664. The molecule has 12 heavy (non-hydrogen) atoms. The van der Waals surface area contributed by atoms with Crippen LogP contribution in [0.3, 0.4) is 0 Å². The van der Waals surface area contributed by atoms with Gasteiger partial charge in [0.15, 0.2) is 5.78 Å². The van der Waals surface area contributed by atoms with E-state index in [1.165, 1.54) is 6.92 Å². The summed E-state index contributed by atoms with van der Waals surface area (Å²) in [6.07, 6.45) is 1.46. The molecule has 0 heterocycles. The Labute approximate surface area is 79.3 Å². The molecule has 1 unspecified atom stereocenters. The second-order valence-electron chi connectivity index (χ2n) is 2.83. The van der Waals surface area contributed by atoms with E-state index in [4.69, 9.17) is 5.21 Å². The summed E-state index contributed by atoms with van der Waals surface area (Å²) in [5, 5.41) is 11.1. The summed E-state index contributed by atoms with van der Waals surface area (Å²) < 4.78 is 0. The molecule has 0 saturated carbocycles. The molecule has 0 spiro atoms. The number of rotatable bonds is 4. The summed E-state index contributed by atoms with van der Waals surface area (Å²) in [6, 6.07) is 0. The van der Waals surface area contributed by atoms with Crippen LogP contribution in [0.15, 0.2) is 5.16 Å². The van der Waals surface area contributed by atoms with Crippen LogP contribution in [-0.4, -0.2) is 16.7 Å². The summed E-state index contributed by atoms with van der Waals surface area (Å²) in [5.74, 6) is 0.307. The lowest BCUT2D eigenvalue weighted by atomic mass is 10.0. The molecule has 4 heteroatoms. The summed E-state index contributed by atoms with van der Waals surface area (Å²) in [7, 11) is 0. The van der Waals surface area contributed by atoms with Crippen molar-refractivity contribution in [1.82, 2.24) is 0 Å². The third kappa shape index (κ3) is 5.13. The van der Waals surface area contributed by atoms with Gasteiger partial charge < -0.3 is 5.21 Å². The van der Waals surface area contributed by atoms with Crippen LogP contribution in [0, 0.1) is 5.92 Å². The Balaban J connectivity index is 0. The molecule has 0 aromatic rings. The van der Waals surface area contributed by atoms with Crippen molar-refractivity contribution >= 4 is 23.9 Å². The Morgan fingerprint density at radius 3 is 2.42 bits per heavy atom. The van der Waals surface area contributed by atoms with Gasteiger partial charge in [0, 0.05) is 6.42 Å². The van der Waals surface area contributed by atoms with E-state index in [1.54, 1.807) is 0 Å². The van der Waals surface area contributed by atoms with E-state index < -0.39 is 0 Å². The van der Waals surface area contributed by atoms with Gasteiger partial charge in [-0.3, -0.25) is 4.79 Å². The first-order chi connectivity index (χ1) is 5.11. The monoisotopic (exact) mass is 193 g/mol. The number of hydrogen-bond donors (Lipinski definition) is 1. The summed E-state index contributed by atoms with van der Waals surface area (Å²) in [6.45, 7) is 5.55. The molecule has 0 fully saturated rings. The second kappa shape index (κ2) is 7.10. The molecule has 3 nitrogen and oxygen atoms in total. The molecule has 0 bridgehead atoms. The maximum Gasteiger partial charge on any atom is 0.180 e. The van der Waals surface area contributed by atoms with Gasteiger partial charge in [-0.15, -0.1) is 12.4 Å². The largest absolute Gasteiger partial charge is 0.411 e. The zero-order chi connectivity index (χ0) is 8.85. The molecule has 0 aromatic carbocycles. The van der Waals surface area contributed by atoms with Gasteiger partial charge in [-0.2, -0.15) is 0 Å². The first kappa shape index (κ1) is 14.0. The minimum Gasteiger partial charge on any atom is -0.411 e. The molecular weight excluding hydrogens is 178 g/mol. The number of Topliss-reactive ketones (excluding diaryl/α,β-unsaturated/α-hetero) is 1. The highest BCUT2D eigenvalue weighted by Crippen LogP contribution is 2.07. The Hall–Kier alpha value is -0.570. The fraction of sp³-hybridized carbons (Fsp3) is 0.750. The molecule has 0 aliphatic carbocycles. The SMILES string of the molecule is CCC(C)CC(=O)/C(C)=N\O.Cl. The van der Waals surface area contributed by atoms with Gasteiger partial charge in [0.05, 0.1) is 0 Å². The lowest BCUT2D eigenvalue weighted by Gasteiger charge is -2.04. The minimum absolute atomic E-state index is 0. The zero-order valence-electron chi connectivity index (χ0n) is 7.70. The van der Waals surface area contributed by atoms with Crippen molar-refractivity contribution in [2.45, 2.75) is 33.6 Å². The highest BCUT2D eigenvalue weighted by atomic mass is 35.5. The van der Waals surface area contributed by atoms with E-state index in [0.717, 1.165) is 6.42 Å². The van der Waals surface area contributed by atoms with Crippen LogP contribution < -0.4 is 0 Å². The van der Waals surface area contributed by atoms with Crippen LogP contribution in [0.4, 0.5) is 0 Å². The van der Waals surface area contributed by atoms with Crippen molar-refractivity contribution in [3.8, 4) is 0 Å². The third-order valence-electron chi connectivity index (χ3n) is 1.78. The van der Waals surface area contributed by atoms with Gasteiger partial charge in [-0.25, -0.2) is 0 Å². The zero-order valence-corrected chi connectivity index (χ0v) is 8.52. The van der Waals surface area contributed by atoms with Crippen molar-refractivity contribution in [3.63, 3.8) is 0 Å². The Morgan fingerprint density at radius 2 is 2.08 bits per heavy atom. The second-order valence-corrected chi connectivity index (χ2v) is 2.83. The van der Waals surface area contributed by atoms with Crippen molar-refractivity contribution in [2.24, 2.45) is 11.1 Å². The number of oxime groups is 1. The van der Waals surface area contributed by atoms with Crippen molar-refractivity contribution in [3.05, 3.63) is 0 Å². The Kier molecular flexibility index (Phi) is 8.27. The summed E-state index contributed by atoms with van der Waals surface area (Å²) in [4.78, 5) is 11.1. The molecule has 0 rings (SSSR count). The molecule has 0 aromatic heterocycles. The van der Waals surface area contributed by atoms with Crippen LogP contribution in [0.5, 0.6) is 0 Å². The van der Waals surface area contributed by atoms with Crippen LogP contribution >= 0.6 is 12.4 Å². The van der Waals surface area contributed by atoms with Crippen molar-refractivity contribution in [2.75, 3.05) is 0 Å². The molecule has 0 aliphatic heterocycles. The topological polar surface area (TPSA) is 49.7 Å². The first-order valence-electron chi connectivity index (χ1n) is 3.83.